The van der Waals surface area contributed by atoms with Gasteiger partial charge in [-0.3, -0.25) is 4.79 Å². The quantitative estimate of drug-likeness (QED) is 0.762. The number of aryl methyl sites for hydroxylation is 2. The Morgan fingerprint density at radius 2 is 1.61 bits per heavy atom. The van der Waals surface area contributed by atoms with Crippen LogP contribution in [0.5, 0.6) is 0 Å². The van der Waals surface area contributed by atoms with Crippen LogP contribution in [0.25, 0.3) is 11.3 Å². The van der Waals surface area contributed by atoms with Crippen molar-refractivity contribution in [3.05, 3.63) is 70.6 Å². The smallest absolute Gasteiger partial charge is 0.230 e. The van der Waals surface area contributed by atoms with E-state index in [9.17, 15) is 4.79 Å². The molecule has 0 bridgehead atoms. The first kappa shape index (κ1) is 15.4. The number of amides is 1. The number of nitrogens with zero attached hydrogens (tertiary/aromatic N) is 1. The highest BCUT2D eigenvalue weighted by Crippen LogP contribution is 2.25. The number of benzene rings is 2. The van der Waals surface area contributed by atoms with Gasteiger partial charge in [0.1, 0.15) is 0 Å². The molecule has 1 aromatic heterocycles. The standard InChI is InChI=1S/C19H18N2OS/c1-13-3-7-15(8-4-13)11-18(22)21-19-20-17(12-23-19)16-9-5-14(2)6-10-16/h3-10,12H,11H2,1-2H3,(H,20,21,22). The highest BCUT2D eigenvalue weighted by Gasteiger charge is 2.08. The van der Waals surface area contributed by atoms with Crippen LogP contribution in [0.1, 0.15) is 16.7 Å². The SMILES string of the molecule is Cc1ccc(CC(=O)Nc2nc(-c3ccc(C)cc3)cs2)cc1. The Balaban J connectivity index is 1.65. The zero-order valence-electron chi connectivity index (χ0n) is 13.2. The van der Waals surface area contributed by atoms with Gasteiger partial charge in [0.15, 0.2) is 5.13 Å². The molecule has 0 radical (unpaired) electrons. The number of nitrogens with one attached hydrogen (secondary N) is 1. The molecule has 1 amide bonds. The van der Waals surface area contributed by atoms with E-state index < -0.39 is 0 Å². The van der Waals surface area contributed by atoms with E-state index in [2.05, 4.69) is 29.4 Å². The average Bonchev–Trinajstić information content (AvgIpc) is 2.98. The van der Waals surface area contributed by atoms with E-state index in [0.717, 1.165) is 16.8 Å². The summed E-state index contributed by atoms with van der Waals surface area (Å²) in [6, 6.07) is 16.2. The molecule has 3 aromatic rings. The van der Waals surface area contributed by atoms with Crippen LogP contribution in [0, 0.1) is 13.8 Å². The maximum absolute atomic E-state index is 12.1. The molecule has 3 nitrogen and oxygen atoms in total. The summed E-state index contributed by atoms with van der Waals surface area (Å²) >= 11 is 1.45. The van der Waals surface area contributed by atoms with Gasteiger partial charge in [0.2, 0.25) is 5.91 Å². The minimum atomic E-state index is -0.0429. The first-order valence-corrected chi connectivity index (χ1v) is 8.36. The predicted molar refractivity (Wildman–Crippen MR) is 95.8 cm³/mol. The summed E-state index contributed by atoms with van der Waals surface area (Å²) in [5, 5.41) is 5.48. The summed E-state index contributed by atoms with van der Waals surface area (Å²) in [5.41, 5.74) is 5.36. The van der Waals surface area contributed by atoms with Crippen LogP contribution in [0.15, 0.2) is 53.9 Å². The second-order valence-corrected chi connectivity index (χ2v) is 6.47. The van der Waals surface area contributed by atoms with Gasteiger partial charge in [-0.25, -0.2) is 4.98 Å². The lowest BCUT2D eigenvalue weighted by Gasteiger charge is -2.02. The zero-order valence-corrected chi connectivity index (χ0v) is 14.0. The lowest BCUT2D eigenvalue weighted by molar-refractivity contribution is -0.115. The molecule has 4 heteroatoms. The fraction of sp³-hybridized carbons (Fsp3) is 0.158. The predicted octanol–water partition coefficient (Wildman–Crippen LogP) is 4.61. The van der Waals surface area contributed by atoms with E-state index in [-0.39, 0.29) is 5.91 Å². The molecule has 1 heterocycles. The van der Waals surface area contributed by atoms with Gasteiger partial charge in [-0.1, -0.05) is 59.7 Å². The van der Waals surface area contributed by atoms with Crippen molar-refractivity contribution >= 4 is 22.4 Å². The van der Waals surface area contributed by atoms with Crippen LogP contribution in [-0.2, 0) is 11.2 Å². The van der Waals surface area contributed by atoms with Crippen molar-refractivity contribution in [2.45, 2.75) is 20.3 Å². The molecule has 0 fully saturated rings. The van der Waals surface area contributed by atoms with Crippen LogP contribution in [-0.4, -0.2) is 10.9 Å². The molecular formula is C19H18N2OS. The molecular weight excluding hydrogens is 304 g/mol. The molecule has 0 saturated heterocycles. The molecule has 0 saturated carbocycles. The molecule has 1 N–H and O–H groups in total. The summed E-state index contributed by atoms with van der Waals surface area (Å²) in [6.07, 6.45) is 0.361. The second-order valence-electron chi connectivity index (χ2n) is 5.61. The number of rotatable bonds is 4. The van der Waals surface area contributed by atoms with E-state index in [0.29, 0.717) is 11.6 Å². The molecule has 0 aliphatic carbocycles. The van der Waals surface area contributed by atoms with Gasteiger partial charge >= 0.3 is 0 Å². The Labute approximate surface area is 140 Å². The third-order valence-corrected chi connectivity index (χ3v) is 4.34. The van der Waals surface area contributed by atoms with Crippen LogP contribution >= 0.6 is 11.3 Å². The first-order valence-electron chi connectivity index (χ1n) is 7.48. The largest absolute Gasteiger partial charge is 0.302 e. The van der Waals surface area contributed by atoms with E-state index in [1.165, 1.54) is 22.5 Å². The maximum Gasteiger partial charge on any atom is 0.230 e. The van der Waals surface area contributed by atoms with Gasteiger partial charge in [-0.15, -0.1) is 11.3 Å². The number of carbonyl (C=O) groups is 1. The van der Waals surface area contributed by atoms with E-state index in [1.807, 2.05) is 48.7 Å². The van der Waals surface area contributed by atoms with Crippen molar-refractivity contribution < 1.29 is 4.79 Å². The average molecular weight is 322 g/mol. The molecule has 116 valence electrons. The highest BCUT2D eigenvalue weighted by molar-refractivity contribution is 7.14. The fourth-order valence-corrected chi connectivity index (χ4v) is 2.98. The molecule has 2 aromatic carbocycles. The summed E-state index contributed by atoms with van der Waals surface area (Å²) in [6.45, 7) is 4.09. The number of anilines is 1. The Morgan fingerprint density at radius 1 is 1.00 bits per heavy atom. The topological polar surface area (TPSA) is 42.0 Å². The highest BCUT2D eigenvalue weighted by atomic mass is 32.1. The number of hydrogen-bond acceptors (Lipinski definition) is 3. The number of aromatic nitrogens is 1. The number of hydrogen-bond donors (Lipinski definition) is 1. The number of thiazole rings is 1. The van der Waals surface area contributed by atoms with Gasteiger partial charge in [0.25, 0.3) is 0 Å². The van der Waals surface area contributed by atoms with Gasteiger partial charge < -0.3 is 5.32 Å². The molecule has 23 heavy (non-hydrogen) atoms. The summed E-state index contributed by atoms with van der Waals surface area (Å²) in [4.78, 5) is 16.6. The molecule has 3 rings (SSSR count). The Kier molecular flexibility index (Phi) is 4.53. The third kappa shape index (κ3) is 4.05. The lowest BCUT2D eigenvalue weighted by Crippen LogP contribution is -2.14. The van der Waals surface area contributed by atoms with E-state index in [4.69, 9.17) is 0 Å². The minimum Gasteiger partial charge on any atom is -0.302 e. The number of carbonyl (C=O) groups excluding carboxylic acids is 1. The molecule has 0 unspecified atom stereocenters. The monoisotopic (exact) mass is 322 g/mol. The Morgan fingerprint density at radius 3 is 2.26 bits per heavy atom. The van der Waals surface area contributed by atoms with E-state index >= 15 is 0 Å². The summed E-state index contributed by atoms with van der Waals surface area (Å²) in [7, 11) is 0. The van der Waals surface area contributed by atoms with Crippen molar-refractivity contribution in [3.63, 3.8) is 0 Å². The van der Waals surface area contributed by atoms with Gasteiger partial charge in [-0.2, -0.15) is 0 Å². The zero-order chi connectivity index (χ0) is 16.2. The minimum absolute atomic E-state index is 0.0429. The Bertz CT molecular complexity index is 804. The first-order chi connectivity index (χ1) is 11.1. The second kappa shape index (κ2) is 6.75. The summed E-state index contributed by atoms with van der Waals surface area (Å²) in [5.74, 6) is -0.0429. The van der Waals surface area contributed by atoms with Crippen molar-refractivity contribution in [1.82, 2.24) is 4.98 Å². The third-order valence-electron chi connectivity index (χ3n) is 3.58. The fourth-order valence-electron chi connectivity index (χ4n) is 2.24. The lowest BCUT2D eigenvalue weighted by atomic mass is 10.1. The van der Waals surface area contributed by atoms with Crippen molar-refractivity contribution in [3.8, 4) is 11.3 Å². The van der Waals surface area contributed by atoms with Crippen molar-refractivity contribution in [2.24, 2.45) is 0 Å². The molecule has 0 spiro atoms. The normalized spacial score (nSPS) is 10.5. The van der Waals surface area contributed by atoms with Crippen LogP contribution < -0.4 is 5.32 Å². The Hall–Kier alpha value is -2.46. The van der Waals surface area contributed by atoms with Gasteiger partial charge in [-0.05, 0) is 19.4 Å². The molecule has 0 aliphatic heterocycles. The summed E-state index contributed by atoms with van der Waals surface area (Å²) < 4.78 is 0. The molecule has 0 atom stereocenters. The molecule has 0 aliphatic rings. The van der Waals surface area contributed by atoms with Crippen LogP contribution in [0.3, 0.4) is 0 Å². The van der Waals surface area contributed by atoms with Gasteiger partial charge in [0, 0.05) is 10.9 Å². The van der Waals surface area contributed by atoms with Crippen LogP contribution in [0.2, 0.25) is 0 Å². The maximum atomic E-state index is 12.1. The van der Waals surface area contributed by atoms with Crippen LogP contribution in [0.4, 0.5) is 5.13 Å². The van der Waals surface area contributed by atoms with Crippen molar-refractivity contribution in [1.29, 1.82) is 0 Å². The van der Waals surface area contributed by atoms with Gasteiger partial charge in [0.05, 0.1) is 12.1 Å². The van der Waals surface area contributed by atoms with E-state index in [1.54, 1.807) is 0 Å². The van der Waals surface area contributed by atoms with Crippen molar-refractivity contribution in [2.75, 3.05) is 5.32 Å².